The zero-order chi connectivity index (χ0) is 15.0. The molecule has 1 amide bonds. The summed E-state index contributed by atoms with van der Waals surface area (Å²) in [5, 5.41) is 4.20. The highest BCUT2D eigenvalue weighted by Crippen LogP contribution is 2.28. The topological polar surface area (TPSA) is 54.9 Å². The Labute approximate surface area is 134 Å². The van der Waals surface area contributed by atoms with Crippen molar-refractivity contribution in [2.24, 2.45) is 0 Å². The van der Waals surface area contributed by atoms with Crippen LogP contribution in [0.1, 0.15) is 16.1 Å². The summed E-state index contributed by atoms with van der Waals surface area (Å²) in [6.45, 7) is 1.78. The molecule has 4 nitrogen and oxygen atoms in total. The summed E-state index contributed by atoms with van der Waals surface area (Å²) >= 11 is 13.2. The largest absolute Gasteiger partial charge is 0.298 e. The van der Waals surface area contributed by atoms with Gasteiger partial charge in [-0.3, -0.25) is 10.1 Å². The first kappa shape index (κ1) is 14.3. The fourth-order valence-electron chi connectivity index (χ4n) is 1.88. The van der Waals surface area contributed by atoms with Crippen molar-refractivity contribution in [2.75, 3.05) is 5.32 Å². The molecule has 3 aromatic rings. The van der Waals surface area contributed by atoms with Gasteiger partial charge in [0.05, 0.1) is 10.2 Å². The Morgan fingerprint density at radius 1 is 1.19 bits per heavy atom. The fourth-order valence-corrected chi connectivity index (χ4v) is 3.27. The molecule has 0 aliphatic heterocycles. The molecule has 0 atom stereocenters. The van der Waals surface area contributed by atoms with Crippen LogP contribution in [0.5, 0.6) is 0 Å². The molecule has 0 spiro atoms. The third kappa shape index (κ3) is 3.15. The van der Waals surface area contributed by atoms with Gasteiger partial charge in [-0.15, -0.1) is 0 Å². The third-order valence-corrected chi connectivity index (χ3v) is 4.12. The van der Waals surface area contributed by atoms with Gasteiger partial charge in [-0.05, 0) is 37.3 Å². The lowest BCUT2D eigenvalue weighted by molar-refractivity contribution is 0.102. The van der Waals surface area contributed by atoms with Crippen LogP contribution in [0, 0.1) is 6.92 Å². The van der Waals surface area contributed by atoms with Gasteiger partial charge in [0.2, 0.25) is 0 Å². The number of hydrogen-bond acceptors (Lipinski definition) is 4. The highest BCUT2D eigenvalue weighted by atomic mass is 35.5. The van der Waals surface area contributed by atoms with E-state index >= 15 is 0 Å². The van der Waals surface area contributed by atoms with E-state index in [1.807, 2.05) is 12.1 Å². The molecule has 0 aliphatic carbocycles. The minimum absolute atomic E-state index is 0.271. The summed E-state index contributed by atoms with van der Waals surface area (Å²) in [5.41, 5.74) is 1.93. The lowest BCUT2D eigenvalue weighted by Crippen LogP contribution is -2.12. The quantitative estimate of drug-likeness (QED) is 0.697. The molecule has 1 aromatic carbocycles. The zero-order valence-electron chi connectivity index (χ0n) is 10.9. The highest BCUT2D eigenvalue weighted by molar-refractivity contribution is 7.22. The van der Waals surface area contributed by atoms with Crippen LogP contribution in [0.15, 0.2) is 30.3 Å². The second-order valence-corrected chi connectivity index (χ2v) is 6.26. The Morgan fingerprint density at radius 2 is 2.00 bits per heavy atom. The fraction of sp³-hybridized carbons (Fsp3) is 0.0714. The molecule has 0 fully saturated rings. The van der Waals surface area contributed by atoms with E-state index in [0.717, 1.165) is 10.2 Å². The van der Waals surface area contributed by atoms with Crippen molar-refractivity contribution in [1.82, 2.24) is 9.97 Å². The molecule has 106 valence electrons. The first-order valence-corrected chi connectivity index (χ1v) is 7.60. The number of fused-ring (bicyclic) bond motifs is 1. The Balaban J connectivity index is 1.88. The van der Waals surface area contributed by atoms with Crippen LogP contribution in [0.4, 0.5) is 5.13 Å². The smallest absolute Gasteiger partial charge is 0.257 e. The number of thiazole rings is 1. The number of benzene rings is 1. The van der Waals surface area contributed by atoms with Gasteiger partial charge in [0.25, 0.3) is 5.91 Å². The zero-order valence-corrected chi connectivity index (χ0v) is 13.2. The van der Waals surface area contributed by atoms with Gasteiger partial charge in [0.15, 0.2) is 5.13 Å². The number of nitrogens with one attached hydrogen (secondary N) is 1. The van der Waals surface area contributed by atoms with Crippen molar-refractivity contribution >= 4 is 55.8 Å². The van der Waals surface area contributed by atoms with E-state index in [9.17, 15) is 4.79 Å². The first-order chi connectivity index (χ1) is 10.0. The number of carbonyl (C=O) groups excluding carboxylic acids is 1. The van der Waals surface area contributed by atoms with Crippen molar-refractivity contribution in [3.05, 3.63) is 51.8 Å². The predicted octanol–water partition coefficient (Wildman–Crippen LogP) is 4.56. The molecule has 0 unspecified atom stereocenters. The van der Waals surface area contributed by atoms with Crippen molar-refractivity contribution in [2.45, 2.75) is 6.92 Å². The highest BCUT2D eigenvalue weighted by Gasteiger charge is 2.11. The van der Waals surface area contributed by atoms with Crippen LogP contribution in [-0.2, 0) is 0 Å². The minimum atomic E-state index is -0.271. The number of carbonyl (C=O) groups is 1. The van der Waals surface area contributed by atoms with Gasteiger partial charge in [-0.25, -0.2) is 9.97 Å². The van der Waals surface area contributed by atoms with Crippen LogP contribution in [0.3, 0.4) is 0 Å². The SMILES string of the molecule is Cc1cc(C(=O)Nc2nc3ccc(Cl)cc3s2)cc(Cl)n1. The van der Waals surface area contributed by atoms with E-state index in [1.165, 1.54) is 17.4 Å². The average molecular weight is 338 g/mol. The molecule has 1 N–H and O–H groups in total. The van der Waals surface area contributed by atoms with Gasteiger partial charge in [0.1, 0.15) is 5.15 Å². The Morgan fingerprint density at radius 3 is 2.76 bits per heavy atom. The molecule has 2 aromatic heterocycles. The number of hydrogen-bond donors (Lipinski definition) is 1. The standard InChI is InChI=1S/C14H9Cl2N3OS/c1-7-4-8(5-12(16)17-7)13(20)19-14-18-10-3-2-9(15)6-11(10)21-14/h2-6H,1H3,(H,18,19,20). The molecule has 0 bridgehead atoms. The summed E-state index contributed by atoms with van der Waals surface area (Å²) in [4.78, 5) is 20.6. The molecule has 2 heterocycles. The summed E-state index contributed by atoms with van der Waals surface area (Å²) in [6.07, 6.45) is 0. The number of anilines is 1. The molecular formula is C14H9Cl2N3OS. The number of pyridine rings is 1. The molecule has 0 saturated carbocycles. The lowest BCUT2D eigenvalue weighted by atomic mass is 10.2. The second-order valence-electron chi connectivity index (χ2n) is 4.41. The van der Waals surface area contributed by atoms with Crippen molar-refractivity contribution in [3.8, 4) is 0 Å². The minimum Gasteiger partial charge on any atom is -0.298 e. The summed E-state index contributed by atoms with van der Waals surface area (Å²) in [6, 6.07) is 8.59. The van der Waals surface area contributed by atoms with E-state index in [1.54, 1.807) is 19.1 Å². The van der Waals surface area contributed by atoms with Gasteiger partial charge >= 0.3 is 0 Å². The molecule has 21 heavy (non-hydrogen) atoms. The van der Waals surface area contributed by atoms with E-state index in [0.29, 0.717) is 21.4 Å². The van der Waals surface area contributed by atoms with Crippen LogP contribution in [-0.4, -0.2) is 15.9 Å². The van der Waals surface area contributed by atoms with E-state index in [2.05, 4.69) is 15.3 Å². The van der Waals surface area contributed by atoms with E-state index in [-0.39, 0.29) is 11.1 Å². The lowest BCUT2D eigenvalue weighted by Gasteiger charge is -2.03. The van der Waals surface area contributed by atoms with Crippen molar-refractivity contribution in [1.29, 1.82) is 0 Å². The number of amides is 1. The number of nitrogens with zero attached hydrogens (tertiary/aromatic N) is 2. The Kier molecular flexibility index (Phi) is 3.80. The van der Waals surface area contributed by atoms with E-state index in [4.69, 9.17) is 23.2 Å². The van der Waals surface area contributed by atoms with Crippen LogP contribution < -0.4 is 5.32 Å². The Hall–Kier alpha value is -1.69. The van der Waals surface area contributed by atoms with Gasteiger partial charge < -0.3 is 0 Å². The monoisotopic (exact) mass is 337 g/mol. The van der Waals surface area contributed by atoms with Crippen LogP contribution in [0.25, 0.3) is 10.2 Å². The maximum Gasteiger partial charge on any atom is 0.257 e. The summed E-state index contributed by atoms with van der Waals surface area (Å²) in [5.74, 6) is -0.271. The van der Waals surface area contributed by atoms with Crippen LogP contribution in [0.2, 0.25) is 10.2 Å². The maximum atomic E-state index is 12.2. The summed E-state index contributed by atoms with van der Waals surface area (Å²) in [7, 11) is 0. The van der Waals surface area contributed by atoms with Gasteiger partial charge in [0, 0.05) is 16.3 Å². The van der Waals surface area contributed by atoms with Crippen molar-refractivity contribution in [3.63, 3.8) is 0 Å². The summed E-state index contributed by atoms with van der Waals surface area (Å²) < 4.78 is 0.918. The second kappa shape index (κ2) is 5.60. The number of rotatable bonds is 2. The first-order valence-electron chi connectivity index (χ1n) is 6.03. The van der Waals surface area contributed by atoms with Gasteiger partial charge in [-0.1, -0.05) is 34.5 Å². The van der Waals surface area contributed by atoms with Crippen LogP contribution >= 0.6 is 34.5 Å². The van der Waals surface area contributed by atoms with Crippen molar-refractivity contribution < 1.29 is 4.79 Å². The molecule has 0 aliphatic rings. The molecular weight excluding hydrogens is 329 g/mol. The normalized spacial score (nSPS) is 10.8. The van der Waals surface area contributed by atoms with E-state index < -0.39 is 0 Å². The number of aromatic nitrogens is 2. The number of aryl methyl sites for hydroxylation is 1. The third-order valence-electron chi connectivity index (χ3n) is 2.76. The molecule has 0 saturated heterocycles. The molecule has 3 rings (SSSR count). The van der Waals surface area contributed by atoms with Gasteiger partial charge in [-0.2, -0.15) is 0 Å². The maximum absolute atomic E-state index is 12.2. The number of halogens is 2. The predicted molar refractivity (Wildman–Crippen MR) is 86.6 cm³/mol. The molecule has 7 heteroatoms. The Bertz CT molecular complexity index is 827. The average Bonchev–Trinajstić information content (AvgIpc) is 2.78. The molecule has 0 radical (unpaired) electrons.